The number of rotatable bonds is 5. The highest BCUT2D eigenvalue weighted by molar-refractivity contribution is 6.42. The van der Waals surface area contributed by atoms with E-state index < -0.39 is 0 Å². The van der Waals surface area contributed by atoms with Gasteiger partial charge in [0.25, 0.3) is 0 Å². The number of benzene rings is 1. The molecule has 0 aliphatic heterocycles. The molecule has 4 N–H and O–H groups in total. The first-order valence-corrected chi connectivity index (χ1v) is 6.59. The van der Waals surface area contributed by atoms with E-state index in [1.807, 2.05) is 0 Å². The van der Waals surface area contributed by atoms with Gasteiger partial charge in [0.1, 0.15) is 0 Å². The van der Waals surface area contributed by atoms with Gasteiger partial charge in [0.15, 0.2) is 0 Å². The quantitative estimate of drug-likeness (QED) is 0.730. The molecular weight excluding hydrogens is 273 g/mol. The molecular formula is C12H15Cl2N3O. The van der Waals surface area contributed by atoms with Crippen LogP contribution in [0.15, 0.2) is 12.1 Å². The van der Waals surface area contributed by atoms with Crippen LogP contribution in [0.3, 0.4) is 0 Å². The van der Waals surface area contributed by atoms with Gasteiger partial charge in [-0.15, -0.1) is 0 Å². The summed E-state index contributed by atoms with van der Waals surface area (Å²) in [6.07, 6.45) is 2.61. The molecule has 0 bridgehead atoms. The molecule has 2 rings (SSSR count). The van der Waals surface area contributed by atoms with E-state index in [4.69, 9.17) is 28.9 Å². The van der Waals surface area contributed by atoms with Crippen molar-refractivity contribution in [3.8, 4) is 0 Å². The second-order valence-electron chi connectivity index (χ2n) is 4.37. The number of nitrogens with one attached hydrogen (secondary N) is 2. The van der Waals surface area contributed by atoms with Crippen LogP contribution in [-0.4, -0.2) is 18.5 Å². The molecule has 0 heterocycles. The first kappa shape index (κ1) is 13.3. The fraction of sp³-hybridized carbons (Fsp3) is 0.417. The molecule has 98 valence electrons. The summed E-state index contributed by atoms with van der Waals surface area (Å²) in [5.74, 6) is 0.0589. The van der Waals surface area contributed by atoms with Crippen molar-refractivity contribution in [2.45, 2.75) is 25.3 Å². The Morgan fingerprint density at radius 1 is 1.33 bits per heavy atom. The molecule has 0 atom stereocenters. The second-order valence-corrected chi connectivity index (χ2v) is 5.19. The van der Waals surface area contributed by atoms with Gasteiger partial charge in [-0.1, -0.05) is 23.2 Å². The number of halogens is 2. The van der Waals surface area contributed by atoms with Gasteiger partial charge in [0.05, 0.1) is 21.4 Å². The highest BCUT2D eigenvalue weighted by Crippen LogP contribution is 2.30. The van der Waals surface area contributed by atoms with Crippen molar-refractivity contribution >= 4 is 40.5 Å². The molecule has 1 saturated carbocycles. The third-order valence-corrected chi connectivity index (χ3v) is 3.42. The normalized spacial score (nSPS) is 14.3. The van der Waals surface area contributed by atoms with E-state index in [0.717, 1.165) is 12.8 Å². The molecule has 0 saturated heterocycles. The van der Waals surface area contributed by atoms with Crippen LogP contribution in [0, 0.1) is 0 Å². The molecule has 0 unspecified atom stereocenters. The Labute approximate surface area is 116 Å². The minimum Gasteiger partial charge on any atom is -0.397 e. The first-order valence-electron chi connectivity index (χ1n) is 5.84. The number of hydrogen-bond donors (Lipinski definition) is 3. The number of nitrogen functional groups attached to an aromatic ring is 1. The van der Waals surface area contributed by atoms with Crippen molar-refractivity contribution in [2.24, 2.45) is 0 Å². The Hall–Kier alpha value is -1.13. The highest BCUT2D eigenvalue weighted by atomic mass is 35.5. The summed E-state index contributed by atoms with van der Waals surface area (Å²) >= 11 is 11.7. The van der Waals surface area contributed by atoms with Crippen molar-refractivity contribution in [1.29, 1.82) is 0 Å². The summed E-state index contributed by atoms with van der Waals surface area (Å²) in [6.45, 7) is 0.515. The SMILES string of the molecule is Nc1cc(Cl)c(Cl)cc1NCCC(=O)NC1CC1. The fourth-order valence-corrected chi connectivity index (χ4v) is 1.89. The average molecular weight is 288 g/mol. The van der Waals surface area contributed by atoms with Crippen LogP contribution in [0.1, 0.15) is 19.3 Å². The summed E-state index contributed by atoms with van der Waals surface area (Å²) in [6, 6.07) is 3.65. The van der Waals surface area contributed by atoms with E-state index in [-0.39, 0.29) is 5.91 Å². The first-order chi connectivity index (χ1) is 8.56. The van der Waals surface area contributed by atoms with E-state index >= 15 is 0 Å². The lowest BCUT2D eigenvalue weighted by molar-refractivity contribution is -0.120. The number of anilines is 2. The Kier molecular flexibility index (Phi) is 4.19. The van der Waals surface area contributed by atoms with Gasteiger partial charge < -0.3 is 16.4 Å². The third kappa shape index (κ3) is 3.68. The monoisotopic (exact) mass is 287 g/mol. The topological polar surface area (TPSA) is 67.1 Å². The lowest BCUT2D eigenvalue weighted by atomic mass is 10.2. The molecule has 0 spiro atoms. The smallest absolute Gasteiger partial charge is 0.221 e. The Morgan fingerprint density at radius 3 is 2.67 bits per heavy atom. The van der Waals surface area contributed by atoms with Gasteiger partial charge in [-0.25, -0.2) is 0 Å². The summed E-state index contributed by atoms with van der Waals surface area (Å²) < 4.78 is 0. The van der Waals surface area contributed by atoms with Gasteiger partial charge >= 0.3 is 0 Å². The molecule has 1 fully saturated rings. The van der Waals surface area contributed by atoms with E-state index in [9.17, 15) is 4.79 Å². The number of amides is 1. The zero-order valence-electron chi connectivity index (χ0n) is 9.80. The van der Waals surface area contributed by atoms with Crippen molar-refractivity contribution in [3.63, 3.8) is 0 Å². The Bertz CT molecular complexity index is 461. The minimum absolute atomic E-state index is 0.0589. The maximum atomic E-state index is 11.5. The van der Waals surface area contributed by atoms with Crippen LogP contribution in [-0.2, 0) is 4.79 Å². The number of carbonyl (C=O) groups excluding carboxylic acids is 1. The largest absolute Gasteiger partial charge is 0.397 e. The second kappa shape index (κ2) is 5.67. The lowest BCUT2D eigenvalue weighted by Gasteiger charge is -2.10. The van der Waals surface area contributed by atoms with E-state index in [0.29, 0.717) is 40.4 Å². The van der Waals surface area contributed by atoms with Gasteiger partial charge in [-0.05, 0) is 25.0 Å². The number of carbonyl (C=O) groups is 1. The van der Waals surface area contributed by atoms with E-state index in [2.05, 4.69) is 10.6 Å². The molecule has 0 aromatic heterocycles. The average Bonchev–Trinajstić information content (AvgIpc) is 3.09. The van der Waals surface area contributed by atoms with Gasteiger partial charge in [-0.3, -0.25) is 4.79 Å². The zero-order valence-corrected chi connectivity index (χ0v) is 11.3. The minimum atomic E-state index is 0.0589. The van der Waals surface area contributed by atoms with Crippen molar-refractivity contribution < 1.29 is 4.79 Å². The number of hydrogen-bond acceptors (Lipinski definition) is 3. The van der Waals surface area contributed by atoms with Crippen LogP contribution in [0.2, 0.25) is 10.0 Å². The molecule has 4 nitrogen and oxygen atoms in total. The van der Waals surface area contributed by atoms with Crippen molar-refractivity contribution in [2.75, 3.05) is 17.6 Å². The van der Waals surface area contributed by atoms with Crippen molar-refractivity contribution in [3.05, 3.63) is 22.2 Å². The summed E-state index contributed by atoms with van der Waals surface area (Å²) in [5, 5.41) is 6.86. The Morgan fingerprint density at radius 2 is 2.00 bits per heavy atom. The van der Waals surface area contributed by atoms with Crippen molar-refractivity contribution in [1.82, 2.24) is 5.32 Å². The molecule has 18 heavy (non-hydrogen) atoms. The molecule has 1 aromatic rings. The molecule has 1 aliphatic carbocycles. The summed E-state index contributed by atoms with van der Waals surface area (Å²) in [7, 11) is 0. The van der Waals surface area contributed by atoms with Crippen LogP contribution in [0.5, 0.6) is 0 Å². The van der Waals surface area contributed by atoms with E-state index in [1.165, 1.54) is 0 Å². The maximum absolute atomic E-state index is 11.5. The van der Waals surface area contributed by atoms with Gasteiger partial charge in [-0.2, -0.15) is 0 Å². The highest BCUT2D eigenvalue weighted by Gasteiger charge is 2.22. The Balaban J connectivity index is 1.82. The molecule has 0 radical (unpaired) electrons. The third-order valence-electron chi connectivity index (χ3n) is 2.70. The maximum Gasteiger partial charge on any atom is 0.221 e. The fourth-order valence-electron chi connectivity index (χ4n) is 1.55. The number of nitrogens with two attached hydrogens (primary N) is 1. The molecule has 1 aliphatic rings. The van der Waals surface area contributed by atoms with Gasteiger partial charge in [0, 0.05) is 19.0 Å². The standard InChI is InChI=1S/C12H15Cl2N3O/c13-8-5-10(15)11(6-9(8)14)16-4-3-12(18)17-7-1-2-7/h5-7,16H,1-4,15H2,(H,17,18). The van der Waals surface area contributed by atoms with Crippen LogP contribution in [0.4, 0.5) is 11.4 Å². The predicted molar refractivity (Wildman–Crippen MR) is 75.1 cm³/mol. The van der Waals surface area contributed by atoms with Gasteiger partial charge in [0.2, 0.25) is 5.91 Å². The molecule has 1 amide bonds. The zero-order chi connectivity index (χ0) is 13.1. The lowest BCUT2D eigenvalue weighted by Crippen LogP contribution is -2.27. The molecule has 1 aromatic carbocycles. The molecule has 6 heteroatoms. The van der Waals surface area contributed by atoms with Crippen LogP contribution >= 0.6 is 23.2 Å². The van der Waals surface area contributed by atoms with E-state index in [1.54, 1.807) is 12.1 Å². The summed E-state index contributed by atoms with van der Waals surface area (Å²) in [4.78, 5) is 11.5. The van der Waals surface area contributed by atoms with Crippen LogP contribution < -0.4 is 16.4 Å². The summed E-state index contributed by atoms with van der Waals surface area (Å²) in [5.41, 5.74) is 7.01. The van der Waals surface area contributed by atoms with Crippen LogP contribution in [0.25, 0.3) is 0 Å². The predicted octanol–water partition coefficient (Wildman–Crippen LogP) is 2.66.